The molecule has 4 nitrogen and oxygen atoms in total. The molecule has 0 amide bonds. The second-order valence-electron chi connectivity index (χ2n) is 8.74. The number of rotatable bonds is 4. The van der Waals surface area contributed by atoms with Gasteiger partial charge in [0.1, 0.15) is 17.2 Å². The number of ether oxygens (including phenoxy) is 2. The summed E-state index contributed by atoms with van der Waals surface area (Å²) in [4.78, 5) is 10.9. The molecule has 0 bridgehead atoms. The third kappa shape index (κ3) is 3.88. The lowest BCUT2D eigenvalue weighted by molar-refractivity contribution is -0.153. The van der Waals surface area contributed by atoms with Crippen molar-refractivity contribution in [3.63, 3.8) is 0 Å². The Labute approximate surface area is 170 Å². The highest BCUT2D eigenvalue weighted by Gasteiger charge is 2.49. The molecule has 0 saturated carbocycles. The number of carboxylic acids is 1. The first-order valence-electron chi connectivity index (χ1n) is 10.2. The van der Waals surface area contributed by atoms with Crippen molar-refractivity contribution in [2.24, 2.45) is 5.92 Å². The van der Waals surface area contributed by atoms with E-state index in [2.05, 4.69) is 13.8 Å². The third-order valence-electron chi connectivity index (χ3n) is 6.35. The van der Waals surface area contributed by atoms with E-state index in [-0.39, 0.29) is 36.3 Å². The van der Waals surface area contributed by atoms with Crippen LogP contribution < -0.4 is 4.74 Å². The Morgan fingerprint density at radius 3 is 2.76 bits per heavy atom. The van der Waals surface area contributed by atoms with Crippen LogP contribution in [0.15, 0.2) is 42.5 Å². The van der Waals surface area contributed by atoms with E-state index < -0.39 is 11.6 Å². The molecule has 29 heavy (non-hydrogen) atoms. The predicted octanol–water partition coefficient (Wildman–Crippen LogP) is 5.26. The van der Waals surface area contributed by atoms with Crippen LogP contribution in [-0.4, -0.2) is 22.8 Å². The zero-order valence-corrected chi connectivity index (χ0v) is 17.0. The van der Waals surface area contributed by atoms with Crippen LogP contribution in [0.1, 0.15) is 62.3 Å². The van der Waals surface area contributed by atoms with Gasteiger partial charge in [0.2, 0.25) is 0 Å². The minimum atomic E-state index is -0.807. The van der Waals surface area contributed by atoms with E-state index in [0.29, 0.717) is 6.42 Å². The Kier molecular flexibility index (Phi) is 5.11. The van der Waals surface area contributed by atoms with Gasteiger partial charge in [0.25, 0.3) is 0 Å². The number of benzene rings is 2. The summed E-state index contributed by atoms with van der Waals surface area (Å²) in [5.74, 6) is -0.0460. The molecule has 2 aromatic rings. The maximum absolute atomic E-state index is 13.8. The first-order valence-corrected chi connectivity index (χ1v) is 10.2. The van der Waals surface area contributed by atoms with Crippen LogP contribution in [0.5, 0.6) is 5.75 Å². The minimum Gasteiger partial charge on any atom is -0.487 e. The fourth-order valence-electron chi connectivity index (χ4n) is 4.77. The molecule has 4 rings (SSSR count). The average Bonchev–Trinajstić information content (AvgIpc) is 2.66. The van der Waals surface area contributed by atoms with Crippen molar-refractivity contribution >= 4 is 5.97 Å². The van der Waals surface area contributed by atoms with Crippen molar-refractivity contribution < 1.29 is 23.8 Å². The van der Waals surface area contributed by atoms with Crippen molar-refractivity contribution in [3.8, 4) is 5.75 Å². The number of carbonyl (C=O) groups is 1. The van der Waals surface area contributed by atoms with Crippen LogP contribution in [-0.2, 0) is 16.0 Å². The Balaban J connectivity index is 1.66. The van der Waals surface area contributed by atoms with Crippen molar-refractivity contribution in [1.82, 2.24) is 0 Å². The first kappa shape index (κ1) is 19.9. The van der Waals surface area contributed by atoms with Gasteiger partial charge in [-0.25, -0.2) is 4.39 Å². The van der Waals surface area contributed by atoms with Gasteiger partial charge >= 0.3 is 5.97 Å². The summed E-state index contributed by atoms with van der Waals surface area (Å²) in [6.45, 7) is 6.20. The van der Waals surface area contributed by atoms with E-state index in [1.807, 2.05) is 31.2 Å². The molecule has 2 aliphatic rings. The van der Waals surface area contributed by atoms with Crippen LogP contribution in [0.4, 0.5) is 4.39 Å². The Morgan fingerprint density at radius 1 is 1.24 bits per heavy atom. The number of aryl methyl sites for hydroxylation is 1. The van der Waals surface area contributed by atoms with E-state index in [4.69, 9.17) is 14.6 Å². The molecule has 0 radical (unpaired) electrons. The van der Waals surface area contributed by atoms with Gasteiger partial charge in [-0.3, -0.25) is 4.79 Å². The van der Waals surface area contributed by atoms with Gasteiger partial charge in [0.05, 0.1) is 12.2 Å². The van der Waals surface area contributed by atoms with Gasteiger partial charge in [0, 0.05) is 23.8 Å². The molecule has 0 aromatic heterocycles. The van der Waals surface area contributed by atoms with E-state index >= 15 is 0 Å². The van der Waals surface area contributed by atoms with Crippen LogP contribution in [0.3, 0.4) is 0 Å². The summed E-state index contributed by atoms with van der Waals surface area (Å²) >= 11 is 0. The number of aliphatic carboxylic acids is 1. The standard InChI is InChI=1S/C24H27FO4/c1-14-18(16-5-4-6-17(25)12-16)13-20-23(28-14)19-11-15(8-10-22(26)27)7-9-21(19)29-24(20,2)3/h4-7,9,11-12,14,18,20,23H,8,10,13H2,1-3H3,(H,26,27)/t14-,18-,20-,23+/m0/s1. The van der Waals surface area contributed by atoms with Gasteiger partial charge in [-0.05, 0) is 69.0 Å². The van der Waals surface area contributed by atoms with Crippen molar-refractivity contribution in [2.75, 3.05) is 0 Å². The van der Waals surface area contributed by atoms with E-state index in [0.717, 1.165) is 28.9 Å². The fourth-order valence-corrected chi connectivity index (χ4v) is 4.77. The van der Waals surface area contributed by atoms with E-state index in [1.165, 1.54) is 6.07 Å². The van der Waals surface area contributed by atoms with E-state index in [9.17, 15) is 9.18 Å². The lowest BCUT2D eigenvalue weighted by Crippen LogP contribution is -2.50. The molecule has 1 saturated heterocycles. The second-order valence-corrected chi connectivity index (χ2v) is 8.74. The predicted molar refractivity (Wildman–Crippen MR) is 108 cm³/mol. The average molecular weight is 398 g/mol. The van der Waals surface area contributed by atoms with Gasteiger partial charge in [-0.1, -0.05) is 18.2 Å². The van der Waals surface area contributed by atoms with Crippen molar-refractivity contribution in [3.05, 3.63) is 65.0 Å². The molecule has 2 heterocycles. The molecule has 2 aromatic carbocycles. The number of fused-ring (bicyclic) bond motifs is 3. The van der Waals surface area contributed by atoms with Crippen molar-refractivity contribution in [2.45, 2.75) is 63.8 Å². The van der Waals surface area contributed by atoms with E-state index in [1.54, 1.807) is 12.1 Å². The number of hydrogen-bond donors (Lipinski definition) is 1. The Bertz CT molecular complexity index is 923. The largest absolute Gasteiger partial charge is 0.487 e. The maximum atomic E-state index is 13.8. The maximum Gasteiger partial charge on any atom is 0.303 e. The molecule has 5 heteroatoms. The zero-order valence-electron chi connectivity index (χ0n) is 17.0. The highest BCUT2D eigenvalue weighted by atomic mass is 19.1. The summed E-state index contributed by atoms with van der Waals surface area (Å²) in [6.07, 6.45) is 1.21. The van der Waals surface area contributed by atoms with Gasteiger partial charge in [-0.2, -0.15) is 0 Å². The SMILES string of the molecule is C[C@@H]1O[C@@H]2c3cc(CCC(=O)O)ccc3OC(C)(C)[C@H]2C[C@@H]1c1cccc(F)c1. The third-order valence-corrected chi connectivity index (χ3v) is 6.35. The summed E-state index contributed by atoms with van der Waals surface area (Å²) in [7, 11) is 0. The molecule has 0 unspecified atom stereocenters. The lowest BCUT2D eigenvalue weighted by atomic mass is 9.70. The second kappa shape index (κ2) is 7.45. The minimum absolute atomic E-state index is 0.0672. The normalized spacial score (nSPS) is 27.4. The molecule has 1 N–H and O–H groups in total. The van der Waals surface area contributed by atoms with Crippen molar-refractivity contribution in [1.29, 1.82) is 0 Å². The monoisotopic (exact) mass is 398 g/mol. The summed E-state index contributed by atoms with van der Waals surface area (Å²) in [5.41, 5.74) is 2.48. The van der Waals surface area contributed by atoms with Crippen LogP contribution >= 0.6 is 0 Å². The highest BCUT2D eigenvalue weighted by Crippen LogP contribution is 2.53. The van der Waals surface area contributed by atoms with Crippen LogP contribution in [0.25, 0.3) is 0 Å². The topological polar surface area (TPSA) is 55.8 Å². The van der Waals surface area contributed by atoms with Gasteiger partial charge in [0.15, 0.2) is 0 Å². The Morgan fingerprint density at radius 2 is 2.03 bits per heavy atom. The quantitative estimate of drug-likeness (QED) is 0.763. The number of hydrogen-bond acceptors (Lipinski definition) is 3. The smallest absolute Gasteiger partial charge is 0.303 e. The molecular formula is C24H27FO4. The molecule has 154 valence electrons. The first-order chi connectivity index (χ1) is 13.7. The van der Waals surface area contributed by atoms with Gasteiger partial charge in [-0.15, -0.1) is 0 Å². The van der Waals surface area contributed by atoms with Crippen LogP contribution in [0, 0.1) is 11.7 Å². The molecule has 4 atom stereocenters. The zero-order chi connectivity index (χ0) is 20.8. The Hall–Kier alpha value is -2.40. The molecule has 1 fully saturated rings. The summed E-state index contributed by atoms with van der Waals surface area (Å²) in [5, 5.41) is 8.98. The number of carboxylic acid groups (broad SMARTS) is 1. The summed E-state index contributed by atoms with van der Waals surface area (Å²) < 4.78 is 26.7. The summed E-state index contributed by atoms with van der Waals surface area (Å²) in [6, 6.07) is 12.7. The van der Waals surface area contributed by atoms with Crippen LogP contribution in [0.2, 0.25) is 0 Å². The molecule has 0 spiro atoms. The number of halogens is 1. The lowest BCUT2D eigenvalue weighted by Gasteiger charge is -2.50. The molecular weight excluding hydrogens is 371 g/mol. The highest BCUT2D eigenvalue weighted by molar-refractivity contribution is 5.67. The molecule has 0 aliphatic carbocycles. The fraction of sp³-hybridized carbons (Fsp3) is 0.458. The molecule has 2 aliphatic heterocycles. The van der Waals surface area contributed by atoms with Gasteiger partial charge < -0.3 is 14.6 Å².